The molecule has 8 heteroatoms. The van der Waals surface area contributed by atoms with Gasteiger partial charge in [-0.05, 0) is 42.2 Å². The molecule has 0 unspecified atom stereocenters. The zero-order valence-corrected chi connectivity index (χ0v) is 26.5. The van der Waals surface area contributed by atoms with Gasteiger partial charge < -0.3 is 23.5 Å². The summed E-state index contributed by atoms with van der Waals surface area (Å²) in [5.74, 6) is 1.85. The number of hydrogen-bond donors (Lipinski definition) is 0. The van der Waals surface area contributed by atoms with Crippen LogP contribution in [0.1, 0.15) is 54.6 Å². The Bertz CT molecular complexity index is 1410. The first kappa shape index (κ1) is 31.0. The number of benzene rings is 2. The number of imidazole rings is 1. The number of likely N-dealkylation sites (tertiary alicyclic amines) is 1. The Morgan fingerprint density at radius 3 is 2.74 bits per heavy atom. The van der Waals surface area contributed by atoms with Gasteiger partial charge >= 0.3 is 0 Å². The van der Waals surface area contributed by atoms with Gasteiger partial charge in [-0.25, -0.2) is 4.98 Å². The van der Waals surface area contributed by atoms with Gasteiger partial charge in [-0.2, -0.15) is 0 Å². The molecule has 5 rings (SSSR count). The zero-order valence-electron chi connectivity index (χ0n) is 26.5. The molecule has 0 aliphatic carbocycles. The molecule has 2 aliphatic heterocycles. The van der Waals surface area contributed by atoms with Crippen LogP contribution in [0.5, 0.6) is 5.75 Å². The van der Waals surface area contributed by atoms with Crippen molar-refractivity contribution in [2.75, 3.05) is 52.3 Å². The smallest absolute Gasteiger partial charge is 0.241 e. The van der Waals surface area contributed by atoms with Gasteiger partial charge in [0.05, 0.1) is 34.3 Å². The van der Waals surface area contributed by atoms with E-state index in [-0.39, 0.29) is 30.3 Å². The van der Waals surface area contributed by atoms with Crippen LogP contribution in [0.15, 0.2) is 54.9 Å². The third-order valence-electron chi connectivity index (χ3n) is 8.95. The highest BCUT2D eigenvalue weighted by molar-refractivity contribution is 5.95. The summed E-state index contributed by atoms with van der Waals surface area (Å²) in [6.07, 6.45) is 9.25. The number of aldehydes is 1. The van der Waals surface area contributed by atoms with Gasteiger partial charge in [0.15, 0.2) is 0 Å². The fourth-order valence-corrected chi connectivity index (χ4v) is 6.79. The zero-order chi connectivity index (χ0) is 30.6. The maximum Gasteiger partial charge on any atom is 0.241 e. The molecule has 0 saturated carbocycles. The number of aryl methyl sites for hydroxylation is 2. The van der Waals surface area contributed by atoms with Gasteiger partial charge in [0.2, 0.25) is 5.91 Å². The van der Waals surface area contributed by atoms with E-state index in [2.05, 4.69) is 74.3 Å². The highest BCUT2D eigenvalue weighted by Crippen LogP contribution is 2.40. The fourth-order valence-electron chi connectivity index (χ4n) is 6.79. The minimum absolute atomic E-state index is 0.0274. The average molecular weight is 587 g/mol. The van der Waals surface area contributed by atoms with Crippen LogP contribution in [0, 0.1) is 5.92 Å². The molecule has 0 spiro atoms. The van der Waals surface area contributed by atoms with Gasteiger partial charge in [0.25, 0.3) is 0 Å². The van der Waals surface area contributed by atoms with E-state index >= 15 is 0 Å². The van der Waals surface area contributed by atoms with E-state index in [4.69, 9.17) is 4.74 Å². The molecule has 2 aliphatic rings. The second kappa shape index (κ2) is 13.4. The van der Waals surface area contributed by atoms with E-state index in [0.29, 0.717) is 19.7 Å². The van der Waals surface area contributed by atoms with Crippen molar-refractivity contribution in [3.8, 4) is 5.75 Å². The van der Waals surface area contributed by atoms with Crippen molar-refractivity contribution in [1.29, 1.82) is 0 Å². The molecule has 1 amide bonds. The molecule has 0 N–H and O–H groups in total. The van der Waals surface area contributed by atoms with Crippen molar-refractivity contribution < 1.29 is 18.8 Å². The molecule has 1 aromatic heterocycles. The van der Waals surface area contributed by atoms with Gasteiger partial charge in [-0.15, -0.1) is 0 Å². The lowest BCUT2D eigenvalue weighted by Crippen LogP contribution is -2.44. The minimum atomic E-state index is -0.203. The van der Waals surface area contributed by atoms with Crippen molar-refractivity contribution >= 4 is 17.9 Å². The number of carbonyl (C=O) groups is 2. The molecule has 1 saturated heterocycles. The molecule has 230 valence electrons. The number of anilines is 1. The number of hydrogen-bond acceptors (Lipinski definition) is 5. The predicted octanol–water partition coefficient (Wildman–Crippen LogP) is 4.61. The minimum Gasteiger partial charge on any atom is -0.493 e. The fraction of sp³-hybridized carbons (Fsp3) is 0.514. The number of amides is 1. The number of carbonyl (C=O) groups excluding carboxylic acids is 2. The average Bonchev–Trinajstić information content (AvgIpc) is 3.69. The predicted molar refractivity (Wildman–Crippen MR) is 170 cm³/mol. The van der Waals surface area contributed by atoms with E-state index in [1.165, 1.54) is 11.1 Å². The monoisotopic (exact) mass is 586 g/mol. The van der Waals surface area contributed by atoms with Gasteiger partial charge in [-0.1, -0.05) is 37.6 Å². The number of quaternary nitrogens is 1. The lowest BCUT2D eigenvalue weighted by molar-refractivity contribution is -0.884. The van der Waals surface area contributed by atoms with Crippen LogP contribution in [0.4, 0.5) is 5.69 Å². The molecule has 3 atom stereocenters. The first-order chi connectivity index (χ1) is 20.7. The van der Waals surface area contributed by atoms with E-state index in [1.807, 2.05) is 35.0 Å². The van der Waals surface area contributed by atoms with Crippen molar-refractivity contribution in [3.63, 3.8) is 0 Å². The second-order valence-corrected chi connectivity index (χ2v) is 13.3. The summed E-state index contributed by atoms with van der Waals surface area (Å²) in [7, 11) is 8.54. The van der Waals surface area contributed by atoms with Crippen LogP contribution in [0.3, 0.4) is 0 Å². The molecule has 43 heavy (non-hydrogen) atoms. The summed E-state index contributed by atoms with van der Waals surface area (Å²) in [6.45, 7) is 5.38. The van der Waals surface area contributed by atoms with E-state index in [9.17, 15) is 9.59 Å². The summed E-state index contributed by atoms with van der Waals surface area (Å²) >= 11 is 0. The molecule has 0 radical (unpaired) electrons. The summed E-state index contributed by atoms with van der Waals surface area (Å²) in [5, 5.41) is 0. The van der Waals surface area contributed by atoms with Gasteiger partial charge in [0.1, 0.15) is 24.4 Å². The number of fused-ring (bicyclic) bond motifs is 1. The lowest BCUT2D eigenvalue weighted by Gasteiger charge is -2.30. The number of nitrogens with zero attached hydrogens (tertiary/aromatic N) is 5. The summed E-state index contributed by atoms with van der Waals surface area (Å²) in [5.41, 5.74) is 4.54. The quantitative estimate of drug-likeness (QED) is 0.216. The summed E-state index contributed by atoms with van der Waals surface area (Å²) in [4.78, 5) is 35.7. The van der Waals surface area contributed by atoms with E-state index in [1.54, 1.807) is 0 Å². The Kier molecular flexibility index (Phi) is 9.67. The Morgan fingerprint density at radius 1 is 1.19 bits per heavy atom. The third kappa shape index (κ3) is 7.36. The molecular formula is C35H48N5O3+. The van der Waals surface area contributed by atoms with Gasteiger partial charge in [-0.3, -0.25) is 9.69 Å². The molecule has 1 fully saturated rings. The summed E-state index contributed by atoms with van der Waals surface area (Å²) < 4.78 is 8.61. The Morgan fingerprint density at radius 2 is 2.02 bits per heavy atom. The number of rotatable bonds is 13. The molecule has 3 aromatic rings. The maximum atomic E-state index is 14.2. The Labute approximate surface area is 256 Å². The Balaban J connectivity index is 1.41. The van der Waals surface area contributed by atoms with Crippen LogP contribution in [0.25, 0.3) is 0 Å². The second-order valence-electron chi connectivity index (χ2n) is 13.3. The molecule has 0 bridgehead atoms. The van der Waals surface area contributed by atoms with Crippen molar-refractivity contribution in [3.05, 3.63) is 77.4 Å². The first-order valence-electron chi connectivity index (χ1n) is 15.8. The van der Waals surface area contributed by atoms with Crippen LogP contribution >= 0.6 is 0 Å². The van der Waals surface area contributed by atoms with Crippen molar-refractivity contribution in [2.45, 2.75) is 57.5 Å². The summed E-state index contributed by atoms with van der Waals surface area (Å²) in [6, 6.07) is 14.8. The molecule has 2 aromatic carbocycles. The van der Waals surface area contributed by atoms with Crippen LogP contribution in [0.2, 0.25) is 0 Å². The normalized spacial score (nSPS) is 20.2. The maximum absolute atomic E-state index is 14.2. The largest absolute Gasteiger partial charge is 0.493 e. The van der Waals surface area contributed by atoms with Crippen molar-refractivity contribution in [1.82, 2.24) is 14.5 Å². The number of aromatic nitrogens is 2. The topological polar surface area (TPSA) is 67.7 Å². The number of unbranched alkanes of at least 4 members (excludes halogenated alkanes) is 1. The van der Waals surface area contributed by atoms with Crippen LogP contribution in [-0.4, -0.2) is 84.6 Å². The third-order valence-corrected chi connectivity index (χ3v) is 8.95. The number of ether oxygens (including phenoxy) is 1. The molecular weight excluding hydrogens is 538 g/mol. The standard InChI is InChI=1S/C35H48N5O3/c1-6-7-17-39(29-10-8-9-26(20-29)24-40(3,4)5)35(42)23-38-22-30(27-11-13-33-28(21-27)15-19-43-33)31(25-41)32(38)12-14-34-36-16-18-37(34)2/h8-11,13,16,18,20-21,25,30-32H,6-7,12,14-15,17,19,22-24H2,1-5H3/q+1/t30-,31-,32+/m1/s1. The highest BCUT2D eigenvalue weighted by atomic mass is 16.5. The van der Waals surface area contributed by atoms with E-state index in [0.717, 1.165) is 72.2 Å². The van der Waals surface area contributed by atoms with E-state index < -0.39 is 0 Å². The van der Waals surface area contributed by atoms with Gasteiger partial charge in [0, 0.05) is 74.5 Å². The van der Waals surface area contributed by atoms with Crippen molar-refractivity contribution in [2.24, 2.45) is 13.0 Å². The molecule has 3 heterocycles. The van der Waals surface area contributed by atoms with Crippen LogP contribution in [-0.2, 0) is 36.0 Å². The van der Waals surface area contributed by atoms with Crippen LogP contribution < -0.4 is 9.64 Å². The highest BCUT2D eigenvalue weighted by Gasteiger charge is 2.43. The SMILES string of the molecule is CCCCN(C(=O)CN1C[C@H](c2ccc3c(c2)CCO3)[C@@H](C=O)[C@@H]1CCc1nccn1C)c1cccc(C[N+](C)(C)C)c1. The Hall–Kier alpha value is -3.49. The lowest BCUT2D eigenvalue weighted by atomic mass is 9.84. The first-order valence-corrected chi connectivity index (χ1v) is 15.8. The molecule has 8 nitrogen and oxygen atoms in total.